The molecule has 104 valence electrons. The lowest BCUT2D eigenvalue weighted by Gasteiger charge is -2.07. The van der Waals surface area contributed by atoms with Gasteiger partial charge in [-0.3, -0.25) is 0 Å². The largest absolute Gasteiger partial charge is 0.478 e. The van der Waals surface area contributed by atoms with Gasteiger partial charge in [0.05, 0.1) is 11.3 Å². The van der Waals surface area contributed by atoms with Gasteiger partial charge in [-0.25, -0.2) is 9.78 Å². The van der Waals surface area contributed by atoms with Crippen molar-refractivity contribution < 1.29 is 27.5 Å². The Morgan fingerprint density at radius 2 is 1.65 bits per heavy atom. The van der Waals surface area contributed by atoms with Gasteiger partial charge in [-0.15, -0.1) is 0 Å². The lowest BCUT2D eigenvalue weighted by molar-refractivity contribution is -0.137. The Morgan fingerprint density at radius 3 is 2.10 bits per heavy atom. The van der Waals surface area contributed by atoms with Crippen molar-refractivity contribution in [2.45, 2.75) is 6.18 Å². The number of hydrogen-bond donors (Lipinski definition) is 1. The van der Waals surface area contributed by atoms with Crippen molar-refractivity contribution >= 4 is 5.97 Å². The number of hydrogen-bond acceptors (Lipinski definition) is 2. The highest BCUT2D eigenvalue weighted by Gasteiger charge is 2.30. The van der Waals surface area contributed by atoms with Crippen molar-refractivity contribution in [2.75, 3.05) is 0 Å². The van der Waals surface area contributed by atoms with Crippen LogP contribution in [0.2, 0.25) is 0 Å². The van der Waals surface area contributed by atoms with Crippen LogP contribution in [0.15, 0.2) is 36.4 Å². The van der Waals surface area contributed by atoms with Gasteiger partial charge < -0.3 is 5.11 Å². The topological polar surface area (TPSA) is 50.2 Å². The fraction of sp³-hybridized carbons (Fsp3) is 0.0769. The highest BCUT2D eigenvalue weighted by Crippen LogP contribution is 2.30. The van der Waals surface area contributed by atoms with Crippen LogP contribution in [-0.4, -0.2) is 16.1 Å². The quantitative estimate of drug-likeness (QED) is 0.677. The van der Waals surface area contributed by atoms with Crippen LogP contribution in [0.4, 0.5) is 17.6 Å². The first-order valence-electron chi connectivity index (χ1n) is 5.36. The molecule has 1 aromatic heterocycles. The van der Waals surface area contributed by atoms with E-state index in [1.807, 2.05) is 0 Å². The van der Waals surface area contributed by atoms with Crippen LogP contribution < -0.4 is 0 Å². The number of aromatic carboxylic acids is 1. The summed E-state index contributed by atoms with van der Waals surface area (Å²) in [6.45, 7) is 0. The Morgan fingerprint density at radius 1 is 1.05 bits per heavy atom. The number of carboxylic acids is 1. The zero-order valence-electron chi connectivity index (χ0n) is 9.78. The fourth-order valence-corrected chi connectivity index (χ4v) is 1.58. The monoisotopic (exact) mass is 285 g/mol. The molecule has 0 saturated heterocycles. The summed E-state index contributed by atoms with van der Waals surface area (Å²) in [5.74, 6) is -2.65. The molecule has 0 atom stereocenters. The number of halogens is 4. The van der Waals surface area contributed by atoms with Crippen LogP contribution in [0.25, 0.3) is 11.3 Å². The zero-order valence-corrected chi connectivity index (χ0v) is 9.78. The number of benzene rings is 1. The summed E-state index contributed by atoms with van der Waals surface area (Å²) in [7, 11) is 0. The van der Waals surface area contributed by atoms with Crippen LogP contribution in [0.5, 0.6) is 0 Å². The lowest BCUT2D eigenvalue weighted by Crippen LogP contribution is -2.05. The Balaban J connectivity index is 2.37. The highest BCUT2D eigenvalue weighted by molar-refractivity contribution is 5.87. The van der Waals surface area contributed by atoms with Gasteiger partial charge in [0.15, 0.2) is 0 Å². The number of carboxylic acid groups (broad SMARTS) is 1. The summed E-state index contributed by atoms with van der Waals surface area (Å²) in [5.41, 5.74) is -1.11. The molecule has 1 N–H and O–H groups in total. The second kappa shape index (κ2) is 4.92. The van der Waals surface area contributed by atoms with Crippen LogP contribution >= 0.6 is 0 Å². The maximum absolute atomic E-state index is 13.4. The second-order valence-electron chi connectivity index (χ2n) is 3.92. The van der Waals surface area contributed by atoms with Crippen LogP contribution in [0.3, 0.4) is 0 Å². The van der Waals surface area contributed by atoms with Crippen molar-refractivity contribution in [3.05, 3.63) is 53.5 Å². The molecule has 0 unspecified atom stereocenters. The number of aromatic nitrogens is 1. The number of rotatable bonds is 2. The SMILES string of the molecule is O=C(O)c1ccc(-c2ccc(C(F)(F)F)cc2)nc1F. The molecule has 7 heteroatoms. The van der Waals surface area contributed by atoms with E-state index in [4.69, 9.17) is 5.11 Å². The maximum atomic E-state index is 13.4. The summed E-state index contributed by atoms with van der Waals surface area (Å²) >= 11 is 0. The number of nitrogens with zero attached hydrogens (tertiary/aromatic N) is 1. The average molecular weight is 285 g/mol. The van der Waals surface area contributed by atoms with Crippen molar-refractivity contribution in [2.24, 2.45) is 0 Å². The van der Waals surface area contributed by atoms with Crippen molar-refractivity contribution in [3.8, 4) is 11.3 Å². The van der Waals surface area contributed by atoms with Gasteiger partial charge in [0.1, 0.15) is 5.56 Å². The molecule has 2 aromatic rings. The zero-order chi connectivity index (χ0) is 14.9. The van der Waals surface area contributed by atoms with Crippen molar-refractivity contribution in [1.82, 2.24) is 4.98 Å². The minimum atomic E-state index is -4.45. The van der Waals surface area contributed by atoms with Crippen molar-refractivity contribution in [1.29, 1.82) is 0 Å². The first-order chi connectivity index (χ1) is 9.29. The average Bonchev–Trinajstić information content (AvgIpc) is 2.37. The van der Waals surface area contributed by atoms with E-state index >= 15 is 0 Å². The molecule has 0 spiro atoms. The maximum Gasteiger partial charge on any atom is 0.416 e. The molecule has 2 rings (SSSR count). The molecule has 0 fully saturated rings. The Hall–Kier alpha value is -2.44. The summed E-state index contributed by atoms with van der Waals surface area (Å²) in [6, 6.07) is 6.23. The molecule has 0 radical (unpaired) electrons. The summed E-state index contributed by atoms with van der Waals surface area (Å²) in [6.07, 6.45) is -4.45. The van der Waals surface area contributed by atoms with Gasteiger partial charge in [-0.05, 0) is 24.3 Å². The molecule has 0 aliphatic heterocycles. The molecule has 0 aliphatic carbocycles. The predicted molar refractivity (Wildman–Crippen MR) is 61.6 cm³/mol. The smallest absolute Gasteiger partial charge is 0.416 e. The second-order valence-corrected chi connectivity index (χ2v) is 3.92. The molecular weight excluding hydrogens is 278 g/mol. The molecule has 0 saturated carbocycles. The molecule has 0 aliphatic rings. The van der Waals surface area contributed by atoms with E-state index in [2.05, 4.69) is 4.98 Å². The molecule has 1 heterocycles. The fourth-order valence-electron chi connectivity index (χ4n) is 1.58. The first kappa shape index (κ1) is 14.0. The van der Waals surface area contributed by atoms with E-state index in [0.717, 1.165) is 30.3 Å². The van der Waals surface area contributed by atoms with Crippen LogP contribution in [0, 0.1) is 5.95 Å². The third-order valence-electron chi connectivity index (χ3n) is 2.59. The highest BCUT2D eigenvalue weighted by atomic mass is 19.4. The Kier molecular flexibility index (Phi) is 3.44. The molecule has 0 bridgehead atoms. The van der Waals surface area contributed by atoms with Gasteiger partial charge in [0.25, 0.3) is 0 Å². The van der Waals surface area contributed by atoms with Gasteiger partial charge in [0, 0.05) is 5.56 Å². The minimum absolute atomic E-state index is 0.0567. The lowest BCUT2D eigenvalue weighted by atomic mass is 10.1. The van der Waals surface area contributed by atoms with Gasteiger partial charge in [-0.2, -0.15) is 17.6 Å². The van der Waals surface area contributed by atoms with Gasteiger partial charge in [0.2, 0.25) is 5.95 Å². The predicted octanol–water partition coefficient (Wildman–Crippen LogP) is 3.60. The molecule has 0 amide bonds. The standard InChI is InChI=1S/C13H7F4NO2/c14-11-9(12(19)20)5-6-10(18-11)7-1-3-8(4-2-7)13(15,16)17/h1-6H,(H,19,20). The molecular formula is C13H7F4NO2. The first-order valence-corrected chi connectivity index (χ1v) is 5.36. The summed E-state index contributed by atoms with van der Waals surface area (Å²) in [5, 5.41) is 8.65. The van der Waals surface area contributed by atoms with E-state index in [-0.39, 0.29) is 11.3 Å². The normalized spacial score (nSPS) is 11.4. The van der Waals surface area contributed by atoms with E-state index in [0.29, 0.717) is 0 Å². The Bertz CT molecular complexity index is 650. The molecule has 1 aromatic carbocycles. The van der Waals surface area contributed by atoms with E-state index in [1.54, 1.807) is 0 Å². The van der Waals surface area contributed by atoms with E-state index in [1.165, 1.54) is 6.07 Å². The van der Waals surface area contributed by atoms with Gasteiger partial charge >= 0.3 is 12.1 Å². The molecule has 3 nitrogen and oxygen atoms in total. The van der Waals surface area contributed by atoms with Crippen LogP contribution in [0.1, 0.15) is 15.9 Å². The minimum Gasteiger partial charge on any atom is -0.478 e. The van der Waals surface area contributed by atoms with Crippen LogP contribution in [-0.2, 0) is 6.18 Å². The number of pyridine rings is 1. The van der Waals surface area contributed by atoms with E-state index < -0.39 is 29.2 Å². The van der Waals surface area contributed by atoms with E-state index in [9.17, 15) is 22.4 Å². The third kappa shape index (κ3) is 2.76. The Labute approximate surface area is 110 Å². The molecule has 20 heavy (non-hydrogen) atoms. The van der Waals surface area contributed by atoms with Gasteiger partial charge in [-0.1, -0.05) is 12.1 Å². The number of carbonyl (C=O) groups is 1. The summed E-state index contributed by atoms with van der Waals surface area (Å²) in [4.78, 5) is 14.0. The summed E-state index contributed by atoms with van der Waals surface area (Å²) < 4.78 is 50.5. The number of alkyl halides is 3. The van der Waals surface area contributed by atoms with Crippen molar-refractivity contribution in [3.63, 3.8) is 0 Å². The third-order valence-corrected chi connectivity index (χ3v) is 2.59.